The minimum absolute atomic E-state index is 0.417. The van der Waals surface area contributed by atoms with Crippen molar-refractivity contribution in [1.29, 1.82) is 0 Å². The highest BCUT2D eigenvalue weighted by Crippen LogP contribution is 2.31. The maximum absolute atomic E-state index is 10.2. The predicted molar refractivity (Wildman–Crippen MR) is 92.6 cm³/mol. The molecule has 0 fully saturated rings. The number of hydrogen-bond donors (Lipinski definition) is 1. The van der Waals surface area contributed by atoms with Crippen LogP contribution in [-0.2, 0) is 12.3 Å². The first-order chi connectivity index (χ1) is 9.23. The van der Waals surface area contributed by atoms with E-state index in [2.05, 4.69) is 17.9 Å². The van der Waals surface area contributed by atoms with Crippen molar-refractivity contribution in [1.82, 2.24) is 9.80 Å². The van der Waals surface area contributed by atoms with Crippen molar-refractivity contribution < 1.29 is 5.11 Å². The smallest absolute Gasteiger partial charge is 0.136 e. The second-order valence-electron chi connectivity index (χ2n) is 5.49. The van der Waals surface area contributed by atoms with Gasteiger partial charge in [-0.25, -0.2) is 0 Å². The van der Waals surface area contributed by atoms with Gasteiger partial charge in [-0.3, -0.25) is 0 Å². The highest BCUT2D eigenvalue weighted by molar-refractivity contribution is 8.22. The van der Waals surface area contributed by atoms with Crippen molar-refractivity contribution in [2.45, 2.75) is 26.1 Å². The number of thioether (sulfide) groups is 1. The molecule has 3 nitrogen and oxygen atoms in total. The zero-order valence-electron chi connectivity index (χ0n) is 13.1. The number of hydrogen-bond acceptors (Lipinski definition) is 4. The van der Waals surface area contributed by atoms with E-state index >= 15 is 0 Å². The second kappa shape index (κ2) is 7.29. The van der Waals surface area contributed by atoms with Crippen molar-refractivity contribution in [3.8, 4) is 5.75 Å². The molecule has 112 valence electrons. The van der Waals surface area contributed by atoms with E-state index in [0.717, 1.165) is 33.3 Å². The van der Waals surface area contributed by atoms with Crippen molar-refractivity contribution in [3.63, 3.8) is 0 Å². The van der Waals surface area contributed by atoms with Gasteiger partial charge < -0.3 is 14.9 Å². The third-order valence-electron chi connectivity index (χ3n) is 3.18. The van der Waals surface area contributed by atoms with Crippen molar-refractivity contribution in [2.24, 2.45) is 0 Å². The summed E-state index contributed by atoms with van der Waals surface area (Å²) >= 11 is 6.97. The SMILES string of the molecule is Cc1cc(CSC(=S)N(C)C)c(C)c(CN(C)C)c1O. The topological polar surface area (TPSA) is 26.7 Å². The Labute approximate surface area is 132 Å². The van der Waals surface area contributed by atoms with Crippen molar-refractivity contribution >= 4 is 28.3 Å². The maximum Gasteiger partial charge on any atom is 0.136 e. The molecule has 1 aromatic carbocycles. The quantitative estimate of drug-likeness (QED) is 0.862. The maximum atomic E-state index is 10.2. The van der Waals surface area contributed by atoms with E-state index < -0.39 is 0 Å². The summed E-state index contributed by atoms with van der Waals surface area (Å²) in [6.45, 7) is 4.77. The molecule has 1 rings (SSSR count). The van der Waals surface area contributed by atoms with Gasteiger partial charge in [-0.05, 0) is 44.6 Å². The molecule has 0 aliphatic heterocycles. The number of benzene rings is 1. The fourth-order valence-corrected chi connectivity index (χ4v) is 2.99. The Balaban J connectivity index is 3.03. The minimum atomic E-state index is 0.417. The van der Waals surface area contributed by atoms with E-state index in [9.17, 15) is 5.11 Å². The molecule has 0 saturated heterocycles. The zero-order chi connectivity index (χ0) is 15.4. The Bertz CT molecular complexity index is 499. The lowest BCUT2D eigenvalue weighted by Gasteiger charge is -2.19. The molecule has 20 heavy (non-hydrogen) atoms. The summed E-state index contributed by atoms with van der Waals surface area (Å²) in [4.78, 5) is 4.02. The zero-order valence-corrected chi connectivity index (χ0v) is 14.8. The number of phenolic OH excluding ortho intramolecular Hbond substituents is 1. The summed E-state index contributed by atoms with van der Waals surface area (Å²) < 4.78 is 0.879. The second-order valence-corrected chi connectivity index (χ2v) is 7.10. The molecular weight excluding hydrogens is 288 g/mol. The van der Waals surface area contributed by atoms with Crippen LogP contribution in [0.2, 0.25) is 0 Å². The van der Waals surface area contributed by atoms with Crippen molar-refractivity contribution in [2.75, 3.05) is 28.2 Å². The van der Waals surface area contributed by atoms with Crippen LogP contribution in [0.15, 0.2) is 6.07 Å². The third kappa shape index (κ3) is 4.36. The summed E-state index contributed by atoms with van der Waals surface area (Å²) in [5, 5.41) is 10.2. The summed E-state index contributed by atoms with van der Waals surface area (Å²) in [6.07, 6.45) is 0. The molecular formula is C15H24N2OS2. The van der Waals surface area contributed by atoms with Gasteiger partial charge in [-0.15, -0.1) is 0 Å². The molecule has 0 radical (unpaired) electrons. The molecule has 0 aromatic heterocycles. The Morgan fingerprint density at radius 1 is 1.25 bits per heavy atom. The van der Waals surface area contributed by atoms with Gasteiger partial charge in [-0.1, -0.05) is 30.0 Å². The molecule has 5 heteroatoms. The van der Waals surface area contributed by atoms with Gasteiger partial charge >= 0.3 is 0 Å². The van der Waals surface area contributed by atoms with Crippen LogP contribution in [0.25, 0.3) is 0 Å². The molecule has 1 aromatic rings. The Kier molecular flexibility index (Phi) is 6.30. The molecule has 0 aliphatic carbocycles. The molecule has 0 bridgehead atoms. The van der Waals surface area contributed by atoms with Crippen LogP contribution < -0.4 is 0 Å². The standard InChI is InChI=1S/C15H24N2OS2/c1-10-7-12(9-20-15(19)17(5)6)11(2)13(14(10)18)8-16(3)4/h7,18H,8-9H2,1-6H3. The molecule has 0 atom stereocenters. The first-order valence-corrected chi connectivity index (χ1v) is 7.93. The number of aryl methyl sites for hydroxylation is 1. The summed E-state index contributed by atoms with van der Waals surface area (Å²) in [5.74, 6) is 1.25. The Morgan fingerprint density at radius 3 is 2.35 bits per heavy atom. The normalized spacial score (nSPS) is 10.9. The lowest BCUT2D eigenvalue weighted by molar-refractivity contribution is 0.383. The van der Waals surface area contributed by atoms with Crippen LogP contribution in [0.5, 0.6) is 5.75 Å². The van der Waals surface area contributed by atoms with Gasteiger partial charge in [-0.2, -0.15) is 0 Å². The van der Waals surface area contributed by atoms with E-state index in [1.807, 2.05) is 40.0 Å². The average molecular weight is 313 g/mol. The van der Waals surface area contributed by atoms with Crippen LogP contribution in [0, 0.1) is 13.8 Å². The van der Waals surface area contributed by atoms with Gasteiger partial charge in [0.25, 0.3) is 0 Å². The lowest BCUT2D eigenvalue weighted by atomic mass is 9.98. The average Bonchev–Trinajstić information content (AvgIpc) is 2.36. The van der Waals surface area contributed by atoms with Crippen LogP contribution in [0.4, 0.5) is 0 Å². The molecule has 0 amide bonds. The Hall–Kier alpha value is -0.780. The number of aromatic hydroxyl groups is 1. The minimum Gasteiger partial charge on any atom is -0.507 e. The fourth-order valence-electron chi connectivity index (χ4n) is 1.98. The van der Waals surface area contributed by atoms with E-state index in [1.165, 1.54) is 5.56 Å². The molecule has 0 saturated carbocycles. The van der Waals surface area contributed by atoms with E-state index in [4.69, 9.17) is 12.2 Å². The summed E-state index contributed by atoms with van der Waals surface area (Å²) in [5.41, 5.74) is 4.35. The number of phenols is 1. The molecule has 0 unspecified atom stereocenters. The molecule has 0 spiro atoms. The summed E-state index contributed by atoms with van der Waals surface area (Å²) in [7, 11) is 7.94. The number of nitrogens with zero attached hydrogens (tertiary/aromatic N) is 2. The Morgan fingerprint density at radius 2 is 1.85 bits per heavy atom. The van der Waals surface area contributed by atoms with E-state index in [1.54, 1.807) is 11.8 Å². The largest absolute Gasteiger partial charge is 0.507 e. The first-order valence-electron chi connectivity index (χ1n) is 6.53. The molecule has 1 N–H and O–H groups in total. The number of rotatable bonds is 4. The van der Waals surface area contributed by atoms with Crippen LogP contribution in [-0.4, -0.2) is 47.4 Å². The highest BCUT2D eigenvalue weighted by atomic mass is 32.2. The molecule has 0 heterocycles. The van der Waals surface area contributed by atoms with Gasteiger partial charge in [0.1, 0.15) is 10.1 Å². The molecule has 0 aliphatic rings. The lowest BCUT2D eigenvalue weighted by Crippen LogP contribution is -2.16. The van der Waals surface area contributed by atoms with Gasteiger partial charge in [0.2, 0.25) is 0 Å². The highest BCUT2D eigenvalue weighted by Gasteiger charge is 2.14. The van der Waals surface area contributed by atoms with Gasteiger partial charge in [0, 0.05) is 32.0 Å². The predicted octanol–water partition coefficient (Wildman–Crippen LogP) is 3.15. The van der Waals surface area contributed by atoms with Crippen LogP contribution in [0.1, 0.15) is 22.3 Å². The third-order valence-corrected chi connectivity index (χ3v) is 4.96. The summed E-state index contributed by atoms with van der Waals surface area (Å²) in [6, 6.07) is 2.06. The first kappa shape index (κ1) is 17.3. The number of thiocarbonyl (C=S) groups is 1. The van der Waals surface area contributed by atoms with E-state index in [-0.39, 0.29) is 0 Å². The fraction of sp³-hybridized carbons (Fsp3) is 0.533. The van der Waals surface area contributed by atoms with Crippen LogP contribution in [0.3, 0.4) is 0 Å². The monoisotopic (exact) mass is 312 g/mol. The van der Waals surface area contributed by atoms with Gasteiger partial charge in [0.05, 0.1) is 0 Å². The van der Waals surface area contributed by atoms with Crippen molar-refractivity contribution in [3.05, 3.63) is 28.3 Å². The van der Waals surface area contributed by atoms with Crippen LogP contribution >= 0.6 is 24.0 Å². The van der Waals surface area contributed by atoms with E-state index in [0.29, 0.717) is 5.75 Å². The van der Waals surface area contributed by atoms with Gasteiger partial charge in [0.15, 0.2) is 0 Å².